The lowest BCUT2D eigenvalue weighted by atomic mass is 10.2. The largest absolute Gasteiger partial charge is 0.466 e. The van der Waals surface area contributed by atoms with Gasteiger partial charge in [0.2, 0.25) is 5.91 Å². The topological polar surface area (TPSA) is 67.4 Å². The number of anilines is 1. The van der Waals surface area contributed by atoms with E-state index in [1.807, 2.05) is 26.0 Å². The number of hydrogen-bond acceptors (Lipinski definition) is 4. The minimum atomic E-state index is -0.388. The molecule has 22 heavy (non-hydrogen) atoms. The lowest BCUT2D eigenvalue weighted by Crippen LogP contribution is -2.34. The van der Waals surface area contributed by atoms with Crippen LogP contribution in [0.2, 0.25) is 5.02 Å². The van der Waals surface area contributed by atoms with E-state index in [1.54, 1.807) is 6.07 Å². The summed E-state index contributed by atoms with van der Waals surface area (Å²) in [6, 6.07) is 5.37. The van der Waals surface area contributed by atoms with Crippen molar-refractivity contribution in [1.82, 2.24) is 5.32 Å². The van der Waals surface area contributed by atoms with Gasteiger partial charge in [-0.25, -0.2) is 0 Å². The first-order valence-corrected chi connectivity index (χ1v) is 7.73. The van der Waals surface area contributed by atoms with Gasteiger partial charge in [0.25, 0.3) is 0 Å². The minimum Gasteiger partial charge on any atom is -0.466 e. The molecular weight excluding hydrogens is 324 g/mol. The van der Waals surface area contributed by atoms with Gasteiger partial charge in [-0.15, -0.1) is 0 Å². The predicted octanol–water partition coefficient (Wildman–Crippen LogP) is 3.19. The fraction of sp³-hybridized carbons (Fsp3) is 0.400. The number of halogens is 1. The number of aryl methyl sites for hydroxylation is 1. The molecule has 120 valence electrons. The fourth-order valence-corrected chi connectivity index (χ4v) is 1.94. The zero-order valence-corrected chi connectivity index (χ0v) is 14.1. The zero-order valence-electron chi connectivity index (χ0n) is 12.6. The van der Waals surface area contributed by atoms with Crippen molar-refractivity contribution in [1.29, 1.82) is 0 Å². The van der Waals surface area contributed by atoms with Gasteiger partial charge in [0.1, 0.15) is 0 Å². The van der Waals surface area contributed by atoms with Crippen LogP contribution in [0.3, 0.4) is 0 Å². The second-order valence-electron chi connectivity index (χ2n) is 4.69. The highest BCUT2D eigenvalue weighted by Gasteiger charge is 2.09. The number of esters is 1. The highest BCUT2D eigenvalue weighted by Crippen LogP contribution is 2.19. The summed E-state index contributed by atoms with van der Waals surface area (Å²) in [5.41, 5.74) is 1.64. The average molecular weight is 343 g/mol. The minimum absolute atomic E-state index is 0.0268. The highest BCUT2D eigenvalue weighted by atomic mass is 35.5. The second-order valence-corrected chi connectivity index (χ2v) is 5.50. The summed E-state index contributed by atoms with van der Waals surface area (Å²) >= 11 is 11.0. The number of ether oxygens (including phenoxy) is 1. The highest BCUT2D eigenvalue weighted by molar-refractivity contribution is 7.80. The Morgan fingerprint density at radius 3 is 2.68 bits per heavy atom. The van der Waals surface area contributed by atoms with Crippen molar-refractivity contribution in [3.8, 4) is 0 Å². The number of carbonyl (C=O) groups is 2. The maximum absolute atomic E-state index is 11.7. The molecule has 5 nitrogen and oxygen atoms in total. The molecule has 1 amide bonds. The van der Waals surface area contributed by atoms with Crippen LogP contribution >= 0.6 is 23.8 Å². The molecule has 1 aromatic rings. The number of hydrogen-bond donors (Lipinski definition) is 2. The molecule has 0 aromatic heterocycles. The van der Waals surface area contributed by atoms with Gasteiger partial charge >= 0.3 is 5.97 Å². The third-order valence-corrected chi connectivity index (χ3v) is 3.32. The Bertz CT molecular complexity index is 564. The summed E-state index contributed by atoms with van der Waals surface area (Å²) in [7, 11) is 0. The van der Waals surface area contributed by atoms with E-state index in [-0.39, 0.29) is 29.8 Å². The maximum atomic E-state index is 11.7. The van der Waals surface area contributed by atoms with Gasteiger partial charge in [-0.2, -0.15) is 0 Å². The predicted molar refractivity (Wildman–Crippen MR) is 91.0 cm³/mol. The van der Waals surface area contributed by atoms with Crippen LogP contribution in [0.25, 0.3) is 0 Å². The van der Waals surface area contributed by atoms with E-state index in [0.29, 0.717) is 17.3 Å². The van der Waals surface area contributed by atoms with E-state index >= 15 is 0 Å². The molecule has 0 aliphatic rings. The Hall–Kier alpha value is -1.66. The number of nitrogens with one attached hydrogen (secondary N) is 2. The lowest BCUT2D eigenvalue weighted by Gasteiger charge is -2.10. The van der Waals surface area contributed by atoms with Crippen molar-refractivity contribution in [2.45, 2.75) is 33.1 Å². The van der Waals surface area contributed by atoms with Crippen LogP contribution in [0.15, 0.2) is 18.2 Å². The quantitative estimate of drug-likeness (QED) is 0.614. The molecule has 1 aromatic carbocycles. The summed E-state index contributed by atoms with van der Waals surface area (Å²) < 4.78 is 4.88. The Kier molecular flexibility index (Phi) is 7.84. The van der Waals surface area contributed by atoms with Crippen molar-refractivity contribution in [3.05, 3.63) is 28.8 Å². The lowest BCUT2D eigenvalue weighted by molar-refractivity contribution is -0.144. The molecule has 0 heterocycles. The van der Waals surface area contributed by atoms with Crippen LogP contribution < -0.4 is 10.6 Å². The van der Waals surface area contributed by atoms with E-state index in [1.165, 1.54) is 0 Å². The molecule has 7 heteroatoms. The Labute approximate surface area is 140 Å². The summed E-state index contributed by atoms with van der Waals surface area (Å²) in [6.45, 7) is 4.17. The van der Waals surface area contributed by atoms with Crippen LogP contribution in [0.5, 0.6) is 0 Å². The van der Waals surface area contributed by atoms with E-state index in [0.717, 1.165) is 12.0 Å². The molecule has 0 radical (unpaired) electrons. The van der Waals surface area contributed by atoms with E-state index in [9.17, 15) is 9.59 Å². The van der Waals surface area contributed by atoms with Crippen molar-refractivity contribution in [2.75, 3.05) is 11.9 Å². The number of thiocarbonyl (C=S) groups is 1. The summed E-state index contributed by atoms with van der Waals surface area (Å²) in [4.78, 5) is 23.0. The third kappa shape index (κ3) is 6.87. The first-order chi connectivity index (χ1) is 10.4. The molecule has 0 spiro atoms. The number of rotatable bonds is 6. The van der Waals surface area contributed by atoms with Crippen LogP contribution in [-0.4, -0.2) is 23.6 Å². The average Bonchev–Trinajstić information content (AvgIpc) is 2.46. The van der Waals surface area contributed by atoms with Crippen LogP contribution in [0.4, 0.5) is 5.69 Å². The molecule has 2 N–H and O–H groups in total. The first-order valence-electron chi connectivity index (χ1n) is 6.95. The SMILES string of the molecule is CCCOC(=O)CCC(=O)NC(=S)Nc1ccc(C)c(Cl)c1. The van der Waals surface area contributed by atoms with Gasteiger partial charge < -0.3 is 15.4 Å². The van der Waals surface area contributed by atoms with Gasteiger partial charge in [0.05, 0.1) is 13.0 Å². The summed E-state index contributed by atoms with van der Waals surface area (Å²) in [5, 5.41) is 6.13. The van der Waals surface area contributed by atoms with Crippen LogP contribution in [0, 0.1) is 6.92 Å². The fourth-order valence-electron chi connectivity index (χ4n) is 1.53. The normalized spacial score (nSPS) is 9.95. The molecular formula is C15H19ClN2O3S. The van der Waals surface area contributed by atoms with E-state index in [4.69, 9.17) is 28.6 Å². The van der Waals surface area contributed by atoms with Crippen LogP contribution in [-0.2, 0) is 14.3 Å². The molecule has 1 rings (SSSR count). The van der Waals surface area contributed by atoms with E-state index < -0.39 is 0 Å². The monoisotopic (exact) mass is 342 g/mol. The Balaban J connectivity index is 2.36. The number of benzene rings is 1. The molecule has 0 saturated heterocycles. The molecule has 0 aliphatic carbocycles. The number of carbonyl (C=O) groups excluding carboxylic acids is 2. The number of amides is 1. The van der Waals surface area contributed by atoms with Gasteiger partial charge in [-0.1, -0.05) is 24.6 Å². The van der Waals surface area contributed by atoms with Gasteiger partial charge in [0, 0.05) is 17.1 Å². The molecule has 0 bridgehead atoms. The van der Waals surface area contributed by atoms with Gasteiger partial charge in [-0.05, 0) is 43.3 Å². The van der Waals surface area contributed by atoms with Crippen molar-refractivity contribution >= 4 is 46.5 Å². The van der Waals surface area contributed by atoms with Crippen LogP contribution in [0.1, 0.15) is 31.7 Å². The van der Waals surface area contributed by atoms with Gasteiger partial charge in [0.15, 0.2) is 5.11 Å². The third-order valence-electron chi connectivity index (χ3n) is 2.71. The van der Waals surface area contributed by atoms with Crippen molar-refractivity contribution in [2.24, 2.45) is 0 Å². The first kappa shape index (κ1) is 18.4. The Morgan fingerprint density at radius 1 is 1.32 bits per heavy atom. The maximum Gasteiger partial charge on any atom is 0.306 e. The smallest absolute Gasteiger partial charge is 0.306 e. The zero-order chi connectivity index (χ0) is 16.5. The van der Waals surface area contributed by atoms with Crippen molar-refractivity contribution in [3.63, 3.8) is 0 Å². The van der Waals surface area contributed by atoms with Gasteiger partial charge in [-0.3, -0.25) is 9.59 Å². The van der Waals surface area contributed by atoms with Crippen molar-refractivity contribution < 1.29 is 14.3 Å². The summed E-state index contributed by atoms with van der Waals surface area (Å²) in [6.07, 6.45) is 0.814. The van der Waals surface area contributed by atoms with E-state index in [2.05, 4.69) is 10.6 Å². The standard InChI is InChI=1S/C15H19ClN2O3S/c1-3-8-21-14(20)7-6-13(19)18-15(22)17-11-5-4-10(2)12(16)9-11/h4-5,9H,3,6-8H2,1-2H3,(H2,17,18,19,22). The molecule has 0 unspecified atom stereocenters. The Morgan fingerprint density at radius 2 is 2.05 bits per heavy atom. The summed E-state index contributed by atoms with van der Waals surface area (Å²) in [5.74, 6) is -0.731. The molecule has 0 saturated carbocycles. The second kappa shape index (κ2) is 9.38. The molecule has 0 atom stereocenters. The molecule has 0 fully saturated rings. The molecule has 0 aliphatic heterocycles.